The van der Waals surface area contributed by atoms with Crippen LogP contribution in [-0.2, 0) is 12.7 Å². The number of hydrogen-bond donors (Lipinski definition) is 2. The van der Waals surface area contributed by atoms with Gasteiger partial charge in [-0.3, -0.25) is 0 Å². The van der Waals surface area contributed by atoms with Crippen molar-refractivity contribution in [2.24, 2.45) is 5.73 Å². The molecule has 1 heterocycles. The molecular weight excluding hydrogens is 213 g/mol. The van der Waals surface area contributed by atoms with Crippen molar-refractivity contribution in [2.75, 3.05) is 0 Å². The van der Waals surface area contributed by atoms with Crippen molar-refractivity contribution in [3.05, 3.63) is 23.2 Å². The summed E-state index contributed by atoms with van der Waals surface area (Å²) in [6.07, 6.45) is -4.57. The molecule has 84 valence electrons. The number of urea groups is 1. The zero-order valence-electron chi connectivity index (χ0n) is 7.81. The van der Waals surface area contributed by atoms with Gasteiger partial charge < -0.3 is 15.5 Å². The molecule has 0 aliphatic heterocycles. The third-order valence-corrected chi connectivity index (χ3v) is 1.64. The van der Waals surface area contributed by atoms with Crippen LogP contribution >= 0.6 is 0 Å². The fourth-order valence-corrected chi connectivity index (χ4v) is 1.12. The summed E-state index contributed by atoms with van der Waals surface area (Å²) in [5.74, 6) is -0.975. The number of halogens is 3. The second-order valence-electron chi connectivity index (χ2n) is 2.93. The van der Waals surface area contributed by atoms with Crippen molar-refractivity contribution in [2.45, 2.75) is 19.6 Å². The Bertz CT molecular complexity index is 370. The Kier molecular flexibility index (Phi) is 2.92. The first-order valence-electron chi connectivity index (χ1n) is 4.00. The van der Waals surface area contributed by atoms with Crippen molar-refractivity contribution in [3.8, 4) is 0 Å². The van der Waals surface area contributed by atoms with E-state index >= 15 is 0 Å². The Labute approximate surface area is 83.2 Å². The minimum atomic E-state index is -4.57. The van der Waals surface area contributed by atoms with Crippen LogP contribution in [0.3, 0.4) is 0 Å². The molecule has 0 fully saturated rings. The molecule has 2 amide bonds. The number of primary amides is 1. The Morgan fingerprint density at radius 2 is 2.20 bits per heavy atom. The lowest BCUT2D eigenvalue weighted by atomic mass is 10.2. The lowest BCUT2D eigenvalue weighted by Gasteiger charge is -2.06. The molecule has 0 aliphatic rings. The molecule has 0 aliphatic carbocycles. The number of nitrogens with one attached hydrogen (secondary N) is 1. The van der Waals surface area contributed by atoms with E-state index in [1.54, 1.807) is 0 Å². The van der Waals surface area contributed by atoms with E-state index in [1.807, 2.05) is 0 Å². The van der Waals surface area contributed by atoms with Crippen molar-refractivity contribution in [1.82, 2.24) is 5.32 Å². The van der Waals surface area contributed by atoms with Crippen LogP contribution < -0.4 is 11.1 Å². The van der Waals surface area contributed by atoms with Gasteiger partial charge in [0.1, 0.15) is 5.76 Å². The second kappa shape index (κ2) is 3.84. The van der Waals surface area contributed by atoms with Gasteiger partial charge in [0.2, 0.25) is 5.76 Å². The smallest absolute Gasteiger partial charge is 0.449 e. The zero-order valence-corrected chi connectivity index (χ0v) is 7.81. The van der Waals surface area contributed by atoms with Gasteiger partial charge in [-0.1, -0.05) is 0 Å². The topological polar surface area (TPSA) is 68.3 Å². The summed E-state index contributed by atoms with van der Waals surface area (Å²) in [4.78, 5) is 10.3. The summed E-state index contributed by atoms with van der Waals surface area (Å²) in [5, 5.41) is 2.07. The maximum absolute atomic E-state index is 12.3. The maximum atomic E-state index is 12.3. The van der Waals surface area contributed by atoms with Gasteiger partial charge in [-0.2, -0.15) is 13.2 Å². The number of amides is 2. The third kappa shape index (κ3) is 2.90. The van der Waals surface area contributed by atoms with Gasteiger partial charge in [0, 0.05) is 12.1 Å². The van der Waals surface area contributed by atoms with Gasteiger partial charge in [-0.05, 0) is 13.0 Å². The average molecular weight is 222 g/mol. The monoisotopic (exact) mass is 222 g/mol. The molecule has 3 N–H and O–H groups in total. The van der Waals surface area contributed by atoms with Crippen LogP contribution in [0.2, 0.25) is 0 Å². The number of alkyl halides is 3. The highest BCUT2D eigenvalue weighted by molar-refractivity contribution is 5.71. The van der Waals surface area contributed by atoms with Crippen LogP contribution in [0, 0.1) is 6.92 Å². The molecule has 0 unspecified atom stereocenters. The molecule has 15 heavy (non-hydrogen) atoms. The standard InChI is InChI=1S/C8H9F3N2O2/c1-4-2-5(3-13-7(12)14)6(15-4)8(9,10)11/h2H,3H2,1H3,(H3,12,13,14). The van der Waals surface area contributed by atoms with Crippen LogP contribution in [0.25, 0.3) is 0 Å². The van der Waals surface area contributed by atoms with E-state index < -0.39 is 18.0 Å². The molecule has 1 rings (SSSR count). The van der Waals surface area contributed by atoms with Crippen molar-refractivity contribution in [1.29, 1.82) is 0 Å². The predicted molar refractivity (Wildman–Crippen MR) is 44.9 cm³/mol. The number of hydrogen-bond acceptors (Lipinski definition) is 2. The van der Waals surface area contributed by atoms with Gasteiger partial charge in [-0.25, -0.2) is 4.79 Å². The van der Waals surface area contributed by atoms with E-state index in [0.29, 0.717) is 0 Å². The van der Waals surface area contributed by atoms with Crippen LogP contribution in [0.4, 0.5) is 18.0 Å². The third-order valence-electron chi connectivity index (χ3n) is 1.64. The molecule has 1 aromatic heterocycles. The number of rotatable bonds is 2. The maximum Gasteiger partial charge on any atom is 0.449 e. The van der Waals surface area contributed by atoms with E-state index in [-0.39, 0.29) is 17.9 Å². The van der Waals surface area contributed by atoms with E-state index in [2.05, 4.69) is 9.73 Å². The number of nitrogens with two attached hydrogens (primary N) is 1. The first-order valence-corrected chi connectivity index (χ1v) is 4.00. The molecule has 0 radical (unpaired) electrons. The van der Waals surface area contributed by atoms with Crippen LogP contribution in [0.1, 0.15) is 17.1 Å². The summed E-state index contributed by atoms with van der Waals surface area (Å²) >= 11 is 0. The van der Waals surface area contributed by atoms with Crippen molar-refractivity contribution in [3.63, 3.8) is 0 Å². The van der Waals surface area contributed by atoms with E-state index in [0.717, 1.165) is 0 Å². The number of carbonyl (C=O) groups excluding carboxylic acids is 1. The quantitative estimate of drug-likeness (QED) is 0.800. The first kappa shape index (κ1) is 11.4. The average Bonchev–Trinajstić information content (AvgIpc) is 2.42. The highest BCUT2D eigenvalue weighted by Gasteiger charge is 2.37. The number of carbonyl (C=O) groups is 1. The fraction of sp³-hybridized carbons (Fsp3) is 0.375. The minimum absolute atomic E-state index is 0.128. The van der Waals surface area contributed by atoms with Crippen molar-refractivity contribution < 1.29 is 22.4 Å². The SMILES string of the molecule is Cc1cc(CNC(N)=O)c(C(F)(F)F)o1. The number of furan rings is 1. The molecule has 0 atom stereocenters. The number of aryl methyl sites for hydroxylation is 1. The van der Waals surface area contributed by atoms with Gasteiger partial charge in [0.25, 0.3) is 0 Å². The van der Waals surface area contributed by atoms with Gasteiger partial charge in [0.05, 0.1) is 0 Å². The molecular formula is C8H9F3N2O2. The van der Waals surface area contributed by atoms with Crippen LogP contribution in [0.15, 0.2) is 10.5 Å². The molecule has 0 saturated heterocycles. The van der Waals surface area contributed by atoms with E-state index in [9.17, 15) is 18.0 Å². The Morgan fingerprint density at radius 3 is 2.67 bits per heavy atom. The summed E-state index contributed by atoms with van der Waals surface area (Å²) < 4.78 is 41.5. The van der Waals surface area contributed by atoms with Gasteiger partial charge >= 0.3 is 12.2 Å². The second-order valence-corrected chi connectivity index (χ2v) is 2.93. The molecule has 1 aromatic rings. The Balaban J connectivity index is 2.91. The predicted octanol–water partition coefficient (Wildman–Crippen LogP) is 1.78. The van der Waals surface area contributed by atoms with Gasteiger partial charge in [0.15, 0.2) is 0 Å². The highest BCUT2D eigenvalue weighted by Crippen LogP contribution is 2.33. The minimum Gasteiger partial charge on any atom is -0.456 e. The van der Waals surface area contributed by atoms with E-state index in [4.69, 9.17) is 5.73 Å². The Hall–Kier alpha value is -1.66. The first-order chi connectivity index (χ1) is 6.80. The van der Waals surface area contributed by atoms with Crippen molar-refractivity contribution >= 4 is 6.03 Å². The summed E-state index contributed by atoms with van der Waals surface area (Å²) in [6.45, 7) is 1.09. The molecule has 0 aromatic carbocycles. The summed E-state index contributed by atoms with van der Waals surface area (Å²) in [7, 11) is 0. The van der Waals surface area contributed by atoms with Crippen LogP contribution in [0.5, 0.6) is 0 Å². The highest BCUT2D eigenvalue weighted by atomic mass is 19.4. The summed E-state index contributed by atoms with van der Waals surface area (Å²) in [6, 6.07) is 0.320. The van der Waals surface area contributed by atoms with Crippen LogP contribution in [-0.4, -0.2) is 6.03 Å². The molecule has 4 nitrogen and oxygen atoms in total. The fourth-order valence-electron chi connectivity index (χ4n) is 1.12. The lowest BCUT2D eigenvalue weighted by molar-refractivity contribution is -0.154. The largest absolute Gasteiger partial charge is 0.456 e. The molecule has 0 saturated carbocycles. The normalized spacial score (nSPS) is 11.5. The van der Waals surface area contributed by atoms with Gasteiger partial charge in [-0.15, -0.1) is 0 Å². The zero-order chi connectivity index (χ0) is 11.6. The Morgan fingerprint density at radius 1 is 1.60 bits per heavy atom. The summed E-state index contributed by atoms with van der Waals surface area (Å²) in [5.41, 5.74) is 4.60. The lowest BCUT2D eigenvalue weighted by Crippen LogP contribution is -2.29. The molecule has 0 spiro atoms. The van der Waals surface area contributed by atoms with E-state index in [1.165, 1.54) is 13.0 Å². The molecule has 0 bridgehead atoms. The molecule has 7 heteroatoms.